The average Bonchev–Trinajstić information content (AvgIpc) is 2.93. The van der Waals surface area contributed by atoms with Crippen LogP contribution in [0, 0.1) is 5.82 Å². The SMILES string of the molecule is CC(Cl)c1nc2cc(F)c(Cl)cc2n1C1CCOC1C. The minimum atomic E-state index is -0.465. The molecule has 0 radical (unpaired) electrons. The second kappa shape index (κ2) is 5.17. The third-order valence-electron chi connectivity index (χ3n) is 3.78. The summed E-state index contributed by atoms with van der Waals surface area (Å²) in [5, 5.41) is -0.170. The van der Waals surface area contributed by atoms with Gasteiger partial charge in [-0.3, -0.25) is 0 Å². The van der Waals surface area contributed by atoms with Crippen molar-refractivity contribution in [1.29, 1.82) is 0 Å². The molecule has 0 aliphatic carbocycles. The minimum absolute atomic E-state index is 0.0744. The maximum atomic E-state index is 13.6. The Morgan fingerprint density at radius 2 is 2.25 bits per heavy atom. The zero-order chi connectivity index (χ0) is 14.4. The second-order valence-electron chi connectivity index (χ2n) is 5.14. The number of hydrogen-bond acceptors (Lipinski definition) is 2. The third kappa shape index (κ3) is 2.20. The van der Waals surface area contributed by atoms with E-state index in [2.05, 4.69) is 9.55 Å². The van der Waals surface area contributed by atoms with Crippen molar-refractivity contribution in [2.75, 3.05) is 6.61 Å². The van der Waals surface area contributed by atoms with Crippen LogP contribution in [0.4, 0.5) is 4.39 Å². The van der Waals surface area contributed by atoms with Crippen LogP contribution in [0.15, 0.2) is 12.1 Å². The molecule has 2 aromatic rings. The van der Waals surface area contributed by atoms with Gasteiger partial charge in [-0.2, -0.15) is 0 Å². The summed E-state index contributed by atoms with van der Waals surface area (Å²) < 4.78 is 21.3. The lowest BCUT2D eigenvalue weighted by Crippen LogP contribution is -2.19. The molecule has 1 aliphatic rings. The van der Waals surface area contributed by atoms with Gasteiger partial charge in [-0.05, 0) is 26.3 Å². The molecule has 0 bridgehead atoms. The molecule has 3 unspecified atom stereocenters. The van der Waals surface area contributed by atoms with Crippen molar-refractivity contribution < 1.29 is 9.13 Å². The molecule has 20 heavy (non-hydrogen) atoms. The van der Waals surface area contributed by atoms with E-state index in [1.807, 2.05) is 13.8 Å². The quantitative estimate of drug-likeness (QED) is 0.764. The first-order chi connectivity index (χ1) is 9.49. The van der Waals surface area contributed by atoms with Crippen LogP contribution in [-0.4, -0.2) is 22.3 Å². The Labute approximate surface area is 126 Å². The van der Waals surface area contributed by atoms with Crippen molar-refractivity contribution in [2.24, 2.45) is 0 Å². The number of rotatable bonds is 2. The van der Waals surface area contributed by atoms with Gasteiger partial charge >= 0.3 is 0 Å². The Morgan fingerprint density at radius 3 is 2.85 bits per heavy atom. The zero-order valence-corrected chi connectivity index (χ0v) is 12.7. The van der Waals surface area contributed by atoms with E-state index in [4.69, 9.17) is 27.9 Å². The summed E-state index contributed by atoms with van der Waals surface area (Å²) in [6.45, 7) is 4.59. The lowest BCUT2D eigenvalue weighted by molar-refractivity contribution is 0.108. The molecule has 0 N–H and O–H groups in total. The summed E-state index contributed by atoms with van der Waals surface area (Å²) in [7, 11) is 0. The van der Waals surface area contributed by atoms with Gasteiger partial charge in [0.15, 0.2) is 0 Å². The first kappa shape index (κ1) is 14.1. The number of benzene rings is 1. The monoisotopic (exact) mass is 316 g/mol. The van der Waals surface area contributed by atoms with Crippen molar-refractivity contribution in [3.05, 3.63) is 28.8 Å². The predicted octanol–water partition coefficient (Wildman–Crippen LogP) is 4.48. The van der Waals surface area contributed by atoms with Gasteiger partial charge in [0.2, 0.25) is 0 Å². The Hall–Kier alpha value is -0.840. The Balaban J connectivity index is 2.26. The molecule has 108 valence electrons. The Kier molecular flexibility index (Phi) is 3.65. The van der Waals surface area contributed by atoms with Gasteiger partial charge in [-0.1, -0.05) is 11.6 Å². The number of alkyl halides is 1. The fourth-order valence-corrected chi connectivity index (χ4v) is 3.11. The Bertz CT molecular complexity index is 656. The van der Waals surface area contributed by atoms with E-state index in [9.17, 15) is 4.39 Å². The first-order valence-electron chi connectivity index (χ1n) is 6.61. The van der Waals surface area contributed by atoms with Crippen LogP contribution in [0.25, 0.3) is 11.0 Å². The van der Waals surface area contributed by atoms with Gasteiger partial charge in [0, 0.05) is 12.7 Å². The highest BCUT2D eigenvalue weighted by molar-refractivity contribution is 6.31. The highest BCUT2D eigenvalue weighted by Gasteiger charge is 2.30. The maximum absolute atomic E-state index is 13.6. The molecule has 3 nitrogen and oxygen atoms in total. The van der Waals surface area contributed by atoms with Crippen molar-refractivity contribution >= 4 is 34.2 Å². The van der Waals surface area contributed by atoms with Crippen molar-refractivity contribution in [3.63, 3.8) is 0 Å². The lowest BCUT2D eigenvalue weighted by Gasteiger charge is -2.20. The van der Waals surface area contributed by atoms with E-state index in [0.717, 1.165) is 17.8 Å². The number of imidazole rings is 1. The van der Waals surface area contributed by atoms with Crippen LogP contribution >= 0.6 is 23.2 Å². The number of fused-ring (bicyclic) bond motifs is 1. The minimum Gasteiger partial charge on any atom is -0.376 e. The van der Waals surface area contributed by atoms with Crippen LogP contribution in [0.3, 0.4) is 0 Å². The number of ether oxygens (including phenoxy) is 1. The fraction of sp³-hybridized carbons (Fsp3) is 0.500. The molecule has 1 saturated heterocycles. The molecule has 1 fully saturated rings. The lowest BCUT2D eigenvalue weighted by atomic mass is 10.1. The molecular weight excluding hydrogens is 302 g/mol. The van der Waals surface area contributed by atoms with Gasteiger partial charge in [-0.15, -0.1) is 11.6 Å². The predicted molar refractivity (Wildman–Crippen MR) is 78.0 cm³/mol. The number of aromatic nitrogens is 2. The van der Waals surface area contributed by atoms with E-state index in [1.165, 1.54) is 6.07 Å². The van der Waals surface area contributed by atoms with Crippen LogP contribution in [-0.2, 0) is 4.74 Å². The topological polar surface area (TPSA) is 27.1 Å². The fourth-order valence-electron chi connectivity index (χ4n) is 2.80. The van der Waals surface area contributed by atoms with Gasteiger partial charge in [0.25, 0.3) is 0 Å². The van der Waals surface area contributed by atoms with Gasteiger partial charge in [0.1, 0.15) is 11.6 Å². The van der Waals surface area contributed by atoms with Crippen LogP contribution < -0.4 is 0 Å². The molecule has 0 spiro atoms. The second-order valence-corrected chi connectivity index (χ2v) is 6.20. The van der Waals surface area contributed by atoms with Crippen LogP contribution in [0.2, 0.25) is 5.02 Å². The molecule has 2 heterocycles. The van der Waals surface area contributed by atoms with Gasteiger partial charge in [-0.25, -0.2) is 9.37 Å². The number of halogens is 3. The van der Waals surface area contributed by atoms with Gasteiger partial charge < -0.3 is 9.30 Å². The van der Waals surface area contributed by atoms with Gasteiger partial charge in [0.05, 0.1) is 33.6 Å². The molecule has 1 aromatic carbocycles. The summed E-state index contributed by atoms with van der Waals surface area (Å²) >= 11 is 12.1. The van der Waals surface area contributed by atoms with Crippen molar-refractivity contribution in [3.8, 4) is 0 Å². The standard InChI is InChI=1S/C14H15Cl2FN2O/c1-7(15)14-18-11-6-10(17)9(16)5-13(11)19(14)12-3-4-20-8(12)2/h5-8,12H,3-4H2,1-2H3. The third-order valence-corrected chi connectivity index (χ3v) is 4.27. The normalized spacial score (nSPS) is 24.4. The number of nitrogens with zero attached hydrogens (tertiary/aromatic N) is 2. The van der Waals surface area contributed by atoms with E-state index in [0.29, 0.717) is 12.1 Å². The van der Waals surface area contributed by atoms with E-state index in [-0.39, 0.29) is 22.5 Å². The molecule has 6 heteroatoms. The Morgan fingerprint density at radius 1 is 1.50 bits per heavy atom. The van der Waals surface area contributed by atoms with Crippen molar-refractivity contribution in [2.45, 2.75) is 37.8 Å². The van der Waals surface area contributed by atoms with Crippen LogP contribution in [0.1, 0.15) is 37.5 Å². The molecule has 3 rings (SSSR count). The maximum Gasteiger partial charge on any atom is 0.144 e. The zero-order valence-electron chi connectivity index (χ0n) is 11.2. The summed E-state index contributed by atoms with van der Waals surface area (Å²) in [5.74, 6) is 0.263. The number of hydrogen-bond donors (Lipinski definition) is 0. The van der Waals surface area contributed by atoms with E-state index < -0.39 is 5.82 Å². The average molecular weight is 317 g/mol. The molecule has 1 aliphatic heterocycles. The molecule has 3 atom stereocenters. The molecule has 0 amide bonds. The summed E-state index contributed by atoms with van der Waals surface area (Å²) in [6.07, 6.45) is 0.962. The highest BCUT2D eigenvalue weighted by Crippen LogP contribution is 2.35. The largest absolute Gasteiger partial charge is 0.376 e. The van der Waals surface area contributed by atoms with E-state index >= 15 is 0 Å². The molecule has 1 aromatic heterocycles. The van der Waals surface area contributed by atoms with Crippen molar-refractivity contribution in [1.82, 2.24) is 9.55 Å². The summed E-state index contributed by atoms with van der Waals surface area (Å²) in [4.78, 5) is 4.47. The molecule has 0 saturated carbocycles. The summed E-state index contributed by atoms with van der Waals surface area (Å²) in [5.41, 5.74) is 1.38. The smallest absolute Gasteiger partial charge is 0.144 e. The van der Waals surface area contributed by atoms with E-state index in [1.54, 1.807) is 6.07 Å². The highest BCUT2D eigenvalue weighted by atomic mass is 35.5. The first-order valence-corrected chi connectivity index (χ1v) is 7.43. The van der Waals surface area contributed by atoms with Crippen LogP contribution in [0.5, 0.6) is 0 Å². The summed E-state index contributed by atoms with van der Waals surface area (Å²) in [6, 6.07) is 3.13. The molecular formula is C14H15Cl2FN2O.